The van der Waals surface area contributed by atoms with E-state index in [0.29, 0.717) is 0 Å². The largest absolute Gasteiger partial charge is 0.388 e. The highest BCUT2D eigenvalue weighted by molar-refractivity contribution is 6.30. The van der Waals surface area contributed by atoms with Gasteiger partial charge in [0.05, 0.1) is 6.10 Å². The molecule has 1 rings (SSSR count). The number of benzene rings is 1. The molecular formula is C12H17ClO. The second-order valence-electron chi connectivity index (χ2n) is 3.83. The van der Waals surface area contributed by atoms with Crippen LogP contribution in [0.3, 0.4) is 0 Å². The van der Waals surface area contributed by atoms with Crippen molar-refractivity contribution in [2.75, 3.05) is 0 Å². The summed E-state index contributed by atoms with van der Waals surface area (Å²) < 4.78 is 0. The van der Waals surface area contributed by atoms with E-state index in [1.54, 1.807) is 0 Å². The molecule has 0 aliphatic heterocycles. The molecule has 0 heterocycles. The molecule has 0 fully saturated rings. The van der Waals surface area contributed by atoms with Crippen molar-refractivity contribution in [3.8, 4) is 0 Å². The maximum Gasteiger partial charge on any atom is 0.0818 e. The van der Waals surface area contributed by atoms with Gasteiger partial charge in [-0.05, 0) is 36.1 Å². The standard InChI is InChI=1S/C12H17ClO/c1-4-8(2)12(14)11-6-5-10(13)7-9(11)3/h5-8,12,14H,4H2,1-3H3. The van der Waals surface area contributed by atoms with Crippen LogP contribution in [0.4, 0.5) is 0 Å². The van der Waals surface area contributed by atoms with Crippen LogP contribution in [0.15, 0.2) is 18.2 Å². The number of hydrogen-bond acceptors (Lipinski definition) is 1. The Morgan fingerprint density at radius 1 is 1.43 bits per heavy atom. The van der Waals surface area contributed by atoms with Crippen molar-refractivity contribution in [3.05, 3.63) is 34.3 Å². The van der Waals surface area contributed by atoms with Crippen molar-refractivity contribution in [1.29, 1.82) is 0 Å². The zero-order chi connectivity index (χ0) is 10.7. The lowest BCUT2D eigenvalue weighted by molar-refractivity contribution is 0.115. The zero-order valence-corrected chi connectivity index (χ0v) is 9.67. The Morgan fingerprint density at radius 2 is 2.07 bits per heavy atom. The van der Waals surface area contributed by atoms with Crippen LogP contribution in [0, 0.1) is 12.8 Å². The number of halogens is 1. The summed E-state index contributed by atoms with van der Waals surface area (Å²) in [6.45, 7) is 6.12. The quantitative estimate of drug-likeness (QED) is 0.810. The third kappa shape index (κ3) is 2.49. The summed E-state index contributed by atoms with van der Waals surface area (Å²) in [7, 11) is 0. The van der Waals surface area contributed by atoms with Crippen molar-refractivity contribution in [2.45, 2.75) is 33.3 Å². The molecule has 1 aromatic carbocycles. The molecule has 0 aromatic heterocycles. The summed E-state index contributed by atoms with van der Waals surface area (Å²) in [5, 5.41) is 10.7. The second-order valence-corrected chi connectivity index (χ2v) is 4.27. The van der Waals surface area contributed by atoms with Crippen molar-refractivity contribution in [3.63, 3.8) is 0 Å². The molecule has 1 N–H and O–H groups in total. The molecule has 1 aromatic rings. The van der Waals surface area contributed by atoms with Crippen LogP contribution in [0.25, 0.3) is 0 Å². The average Bonchev–Trinajstić information content (AvgIpc) is 2.15. The molecule has 1 nitrogen and oxygen atoms in total. The van der Waals surface area contributed by atoms with Gasteiger partial charge in [0.2, 0.25) is 0 Å². The van der Waals surface area contributed by atoms with E-state index >= 15 is 0 Å². The zero-order valence-electron chi connectivity index (χ0n) is 8.92. The van der Waals surface area contributed by atoms with Gasteiger partial charge in [0.15, 0.2) is 0 Å². The molecule has 78 valence electrons. The molecule has 0 spiro atoms. The molecule has 0 amide bonds. The van der Waals surface area contributed by atoms with E-state index in [-0.39, 0.29) is 12.0 Å². The third-order valence-corrected chi connectivity index (χ3v) is 2.97. The highest BCUT2D eigenvalue weighted by atomic mass is 35.5. The van der Waals surface area contributed by atoms with E-state index in [9.17, 15) is 5.11 Å². The lowest BCUT2D eigenvalue weighted by Crippen LogP contribution is -2.09. The summed E-state index contributed by atoms with van der Waals surface area (Å²) >= 11 is 5.85. The van der Waals surface area contributed by atoms with Crippen LogP contribution in [-0.4, -0.2) is 5.11 Å². The van der Waals surface area contributed by atoms with Crippen LogP contribution in [-0.2, 0) is 0 Å². The average molecular weight is 213 g/mol. The molecular weight excluding hydrogens is 196 g/mol. The Bertz CT molecular complexity index is 309. The number of aryl methyl sites for hydroxylation is 1. The van der Waals surface area contributed by atoms with Gasteiger partial charge in [0.1, 0.15) is 0 Å². The van der Waals surface area contributed by atoms with Gasteiger partial charge in [0, 0.05) is 5.02 Å². The van der Waals surface area contributed by atoms with Crippen LogP contribution in [0.2, 0.25) is 5.02 Å². The SMILES string of the molecule is CCC(C)C(O)c1ccc(Cl)cc1C. The van der Waals surface area contributed by atoms with Gasteiger partial charge in [-0.1, -0.05) is 37.9 Å². The lowest BCUT2D eigenvalue weighted by Gasteiger charge is -2.19. The van der Waals surface area contributed by atoms with E-state index < -0.39 is 0 Å². The van der Waals surface area contributed by atoms with Crippen molar-refractivity contribution in [1.82, 2.24) is 0 Å². The Labute approximate surface area is 90.7 Å². The first-order chi connectivity index (χ1) is 6.56. The van der Waals surface area contributed by atoms with Gasteiger partial charge < -0.3 is 5.11 Å². The van der Waals surface area contributed by atoms with Gasteiger partial charge in [-0.15, -0.1) is 0 Å². The van der Waals surface area contributed by atoms with Crippen molar-refractivity contribution < 1.29 is 5.11 Å². The molecule has 0 radical (unpaired) electrons. The smallest absolute Gasteiger partial charge is 0.0818 e. The molecule has 0 aliphatic rings. The summed E-state index contributed by atoms with van der Waals surface area (Å²) in [6, 6.07) is 5.63. The van der Waals surface area contributed by atoms with Crippen LogP contribution >= 0.6 is 11.6 Å². The number of rotatable bonds is 3. The molecule has 14 heavy (non-hydrogen) atoms. The topological polar surface area (TPSA) is 20.2 Å². The maximum absolute atomic E-state index is 10.0. The number of aliphatic hydroxyl groups is 1. The molecule has 2 unspecified atom stereocenters. The minimum atomic E-state index is -0.378. The summed E-state index contributed by atoms with van der Waals surface area (Å²) in [6.07, 6.45) is 0.598. The maximum atomic E-state index is 10.0. The van der Waals surface area contributed by atoms with Crippen molar-refractivity contribution >= 4 is 11.6 Å². The van der Waals surface area contributed by atoms with E-state index in [1.807, 2.05) is 25.1 Å². The molecule has 2 heteroatoms. The van der Waals surface area contributed by atoms with Crippen molar-refractivity contribution in [2.24, 2.45) is 5.92 Å². The lowest BCUT2D eigenvalue weighted by atomic mass is 9.92. The normalized spacial score (nSPS) is 15.2. The minimum Gasteiger partial charge on any atom is -0.388 e. The first kappa shape index (κ1) is 11.5. The Morgan fingerprint density at radius 3 is 2.57 bits per heavy atom. The van der Waals surface area contributed by atoms with Gasteiger partial charge in [-0.3, -0.25) is 0 Å². The van der Waals surface area contributed by atoms with E-state index in [1.165, 1.54) is 0 Å². The first-order valence-corrected chi connectivity index (χ1v) is 5.38. The summed E-state index contributed by atoms with van der Waals surface area (Å²) in [5.41, 5.74) is 2.05. The summed E-state index contributed by atoms with van der Waals surface area (Å²) in [5.74, 6) is 0.287. The van der Waals surface area contributed by atoms with Gasteiger partial charge >= 0.3 is 0 Å². The Hall–Kier alpha value is -0.530. The monoisotopic (exact) mass is 212 g/mol. The fraction of sp³-hybridized carbons (Fsp3) is 0.500. The van der Waals surface area contributed by atoms with E-state index in [4.69, 9.17) is 11.6 Å². The van der Waals surface area contributed by atoms with Crippen LogP contribution in [0.1, 0.15) is 37.5 Å². The first-order valence-electron chi connectivity index (χ1n) is 5.00. The van der Waals surface area contributed by atoms with Gasteiger partial charge in [-0.25, -0.2) is 0 Å². The molecule has 2 atom stereocenters. The minimum absolute atomic E-state index is 0.287. The third-order valence-electron chi connectivity index (χ3n) is 2.73. The Kier molecular flexibility index (Phi) is 3.97. The molecule has 0 aliphatic carbocycles. The van der Waals surface area contributed by atoms with E-state index in [2.05, 4.69) is 13.8 Å². The van der Waals surface area contributed by atoms with Crippen LogP contribution < -0.4 is 0 Å². The molecule has 0 saturated heterocycles. The van der Waals surface area contributed by atoms with Gasteiger partial charge in [0.25, 0.3) is 0 Å². The fourth-order valence-electron chi connectivity index (χ4n) is 1.50. The second kappa shape index (κ2) is 4.81. The van der Waals surface area contributed by atoms with Gasteiger partial charge in [-0.2, -0.15) is 0 Å². The summed E-state index contributed by atoms with van der Waals surface area (Å²) in [4.78, 5) is 0. The Balaban J connectivity index is 2.95. The van der Waals surface area contributed by atoms with E-state index in [0.717, 1.165) is 22.6 Å². The van der Waals surface area contributed by atoms with Crippen LogP contribution in [0.5, 0.6) is 0 Å². The predicted octanol–water partition coefficient (Wildman–Crippen LogP) is 3.73. The fourth-order valence-corrected chi connectivity index (χ4v) is 1.73. The molecule has 0 saturated carbocycles. The molecule has 0 bridgehead atoms. The predicted molar refractivity (Wildman–Crippen MR) is 60.6 cm³/mol. The number of aliphatic hydroxyl groups excluding tert-OH is 1. The highest BCUT2D eigenvalue weighted by Crippen LogP contribution is 2.28. The number of hydrogen-bond donors (Lipinski definition) is 1. The highest BCUT2D eigenvalue weighted by Gasteiger charge is 2.16.